The number of nitrogens with one attached hydrogen (secondary N) is 1. The summed E-state index contributed by atoms with van der Waals surface area (Å²) >= 11 is 1.23. The largest absolute Gasteiger partial charge is 0.363 e. The van der Waals surface area contributed by atoms with Gasteiger partial charge in [-0.2, -0.15) is 0 Å². The van der Waals surface area contributed by atoms with Crippen molar-refractivity contribution < 1.29 is 14.3 Å². The number of amides is 2. The van der Waals surface area contributed by atoms with Crippen molar-refractivity contribution in [3.05, 3.63) is 40.7 Å². The molecule has 142 valence electrons. The van der Waals surface area contributed by atoms with Crippen LogP contribution in [-0.4, -0.2) is 56.1 Å². The van der Waals surface area contributed by atoms with Crippen LogP contribution in [0.15, 0.2) is 24.5 Å². The molecule has 0 radical (unpaired) electrons. The molecule has 1 N–H and O–H groups in total. The van der Waals surface area contributed by atoms with Gasteiger partial charge in [0.2, 0.25) is 5.91 Å². The van der Waals surface area contributed by atoms with E-state index in [1.807, 2.05) is 24.0 Å². The summed E-state index contributed by atoms with van der Waals surface area (Å²) in [6.07, 6.45) is 4.93. The van der Waals surface area contributed by atoms with Gasteiger partial charge in [0.05, 0.1) is 17.0 Å². The minimum atomic E-state index is -0.472. The second-order valence-electron chi connectivity index (χ2n) is 6.85. The van der Waals surface area contributed by atoms with Gasteiger partial charge in [-0.1, -0.05) is 10.6 Å². The fourth-order valence-corrected chi connectivity index (χ4v) is 4.20. The molecule has 0 saturated carbocycles. The number of carbonyl (C=O) groups excluding carboxylic acids is 2. The zero-order valence-electron chi connectivity index (χ0n) is 15.0. The number of fused-ring (bicyclic) bond motifs is 1. The Morgan fingerprint density at radius 1 is 1.37 bits per heavy atom. The lowest BCUT2D eigenvalue weighted by atomic mass is 9.98. The Hall–Kier alpha value is -2.39. The highest BCUT2D eigenvalue weighted by atomic mass is 32.1. The number of aromatic nitrogens is 3. The Morgan fingerprint density at radius 2 is 2.26 bits per heavy atom. The first kappa shape index (κ1) is 18.0. The van der Waals surface area contributed by atoms with Crippen LogP contribution in [0.1, 0.15) is 40.2 Å². The van der Waals surface area contributed by atoms with Gasteiger partial charge in [-0.05, 0) is 49.3 Å². The van der Waals surface area contributed by atoms with Gasteiger partial charge in [-0.15, -0.1) is 5.10 Å². The monoisotopic (exact) mass is 387 g/mol. The summed E-state index contributed by atoms with van der Waals surface area (Å²) < 4.78 is 9.89. The molecule has 3 atom stereocenters. The first-order valence-corrected chi connectivity index (χ1v) is 9.83. The van der Waals surface area contributed by atoms with E-state index < -0.39 is 6.10 Å². The minimum absolute atomic E-state index is 0.000901. The molecule has 2 saturated heterocycles. The Labute approximate surface area is 161 Å². The first-order valence-electron chi connectivity index (χ1n) is 9.05. The van der Waals surface area contributed by atoms with Crippen LogP contribution in [0, 0.1) is 6.92 Å². The number of pyridine rings is 1. The summed E-state index contributed by atoms with van der Waals surface area (Å²) in [4.78, 5) is 31.9. The fourth-order valence-electron chi connectivity index (χ4n) is 3.74. The molecule has 2 amide bonds. The maximum Gasteiger partial charge on any atom is 0.275 e. The maximum absolute atomic E-state index is 12.7. The summed E-state index contributed by atoms with van der Waals surface area (Å²) in [5.74, 6) is -0.196. The number of likely N-dealkylation sites (tertiary alicyclic amines) is 1. The van der Waals surface area contributed by atoms with Gasteiger partial charge < -0.3 is 15.0 Å². The number of ether oxygens (including phenoxy) is 1. The third-order valence-corrected chi connectivity index (χ3v) is 5.78. The van der Waals surface area contributed by atoms with Crippen LogP contribution in [0.25, 0.3) is 0 Å². The summed E-state index contributed by atoms with van der Waals surface area (Å²) in [5, 5.41) is 6.87. The molecule has 27 heavy (non-hydrogen) atoms. The lowest BCUT2D eigenvalue weighted by molar-refractivity contribution is -0.143. The van der Waals surface area contributed by atoms with E-state index >= 15 is 0 Å². The summed E-state index contributed by atoms with van der Waals surface area (Å²) in [5.41, 5.74) is 1.38. The van der Waals surface area contributed by atoms with Crippen LogP contribution in [0.4, 0.5) is 0 Å². The molecule has 2 aromatic heterocycles. The molecule has 4 heterocycles. The second kappa shape index (κ2) is 7.69. The van der Waals surface area contributed by atoms with E-state index in [2.05, 4.69) is 19.9 Å². The van der Waals surface area contributed by atoms with Crippen molar-refractivity contribution in [2.75, 3.05) is 6.54 Å². The number of hydrogen-bond donors (Lipinski definition) is 1. The molecule has 0 aliphatic carbocycles. The fraction of sp³-hybridized carbons (Fsp3) is 0.500. The van der Waals surface area contributed by atoms with Gasteiger partial charge in [0.1, 0.15) is 6.10 Å². The van der Waals surface area contributed by atoms with Gasteiger partial charge in [-0.3, -0.25) is 14.6 Å². The van der Waals surface area contributed by atoms with Gasteiger partial charge in [0, 0.05) is 25.5 Å². The Balaban J connectivity index is 1.34. The van der Waals surface area contributed by atoms with E-state index in [0.29, 0.717) is 25.2 Å². The Bertz CT molecular complexity index is 827. The maximum atomic E-state index is 12.7. The average Bonchev–Trinajstić information content (AvgIpc) is 3.32. The number of rotatable bonds is 4. The lowest BCUT2D eigenvalue weighted by Gasteiger charge is -2.35. The summed E-state index contributed by atoms with van der Waals surface area (Å²) in [6, 6.07) is 3.76. The molecule has 8 nitrogen and oxygen atoms in total. The molecular formula is C18H21N5O3S. The zero-order chi connectivity index (χ0) is 18.8. The number of carbonyl (C=O) groups is 2. The minimum Gasteiger partial charge on any atom is -0.363 e. The van der Waals surface area contributed by atoms with Gasteiger partial charge in [0.15, 0.2) is 5.69 Å². The highest BCUT2D eigenvalue weighted by Crippen LogP contribution is 2.32. The molecule has 2 aliphatic heterocycles. The molecule has 9 heteroatoms. The lowest BCUT2D eigenvalue weighted by Crippen LogP contribution is -2.49. The van der Waals surface area contributed by atoms with Crippen LogP contribution in [0.3, 0.4) is 0 Å². The van der Waals surface area contributed by atoms with Crippen molar-refractivity contribution in [3.63, 3.8) is 0 Å². The van der Waals surface area contributed by atoms with Crippen molar-refractivity contribution in [3.8, 4) is 0 Å². The van der Waals surface area contributed by atoms with E-state index in [9.17, 15) is 9.59 Å². The standard InChI is InChI=1S/C18H21N5O3S/c1-11-16(21-22-27-11)18(25)23-8-6-14-13(23)4-5-15(26-14)17(24)20-10-12-3-2-7-19-9-12/h2-3,7,9,13-15H,4-6,8,10H2,1H3,(H,20,24)/t13-,14-,15-/m1/s1. The Morgan fingerprint density at radius 3 is 3.00 bits per heavy atom. The van der Waals surface area contributed by atoms with E-state index in [1.54, 1.807) is 12.4 Å². The van der Waals surface area contributed by atoms with Crippen LogP contribution < -0.4 is 5.32 Å². The van der Waals surface area contributed by atoms with E-state index in [4.69, 9.17) is 4.74 Å². The topological polar surface area (TPSA) is 97.3 Å². The Kier molecular flexibility index (Phi) is 5.13. The van der Waals surface area contributed by atoms with Gasteiger partial charge >= 0.3 is 0 Å². The van der Waals surface area contributed by atoms with Crippen molar-refractivity contribution in [2.45, 2.75) is 51.0 Å². The normalized spacial score (nSPS) is 24.5. The summed E-state index contributed by atoms with van der Waals surface area (Å²) in [7, 11) is 0. The second-order valence-corrected chi connectivity index (χ2v) is 7.81. The van der Waals surface area contributed by atoms with Crippen molar-refractivity contribution in [1.82, 2.24) is 24.8 Å². The van der Waals surface area contributed by atoms with Crippen molar-refractivity contribution >= 4 is 23.3 Å². The molecule has 0 spiro atoms. The number of hydrogen-bond acceptors (Lipinski definition) is 7. The molecule has 2 aromatic rings. The third kappa shape index (κ3) is 3.70. The highest BCUT2D eigenvalue weighted by Gasteiger charge is 2.44. The number of aryl methyl sites for hydroxylation is 1. The van der Waals surface area contributed by atoms with Crippen molar-refractivity contribution in [1.29, 1.82) is 0 Å². The summed E-state index contributed by atoms with van der Waals surface area (Å²) in [6.45, 7) is 2.90. The van der Waals surface area contributed by atoms with Crippen LogP contribution >= 0.6 is 11.5 Å². The van der Waals surface area contributed by atoms with Crippen LogP contribution in [-0.2, 0) is 16.1 Å². The van der Waals surface area contributed by atoms with Gasteiger partial charge in [0.25, 0.3) is 5.91 Å². The zero-order valence-corrected chi connectivity index (χ0v) is 15.8. The number of nitrogens with zero attached hydrogens (tertiary/aromatic N) is 4. The van der Waals surface area contributed by atoms with Crippen LogP contribution in [0.5, 0.6) is 0 Å². The predicted octanol–water partition coefficient (Wildman–Crippen LogP) is 1.32. The third-order valence-electron chi connectivity index (χ3n) is 5.15. The molecule has 2 aliphatic rings. The average molecular weight is 387 g/mol. The molecule has 4 rings (SSSR count). The smallest absolute Gasteiger partial charge is 0.275 e. The molecule has 0 unspecified atom stereocenters. The SMILES string of the molecule is Cc1snnc1C(=O)N1CC[C@H]2O[C@@H](C(=O)NCc3cccnc3)CC[C@H]21. The molecule has 2 fully saturated rings. The van der Waals surface area contributed by atoms with E-state index in [0.717, 1.165) is 23.3 Å². The quantitative estimate of drug-likeness (QED) is 0.850. The van der Waals surface area contributed by atoms with Crippen molar-refractivity contribution in [2.24, 2.45) is 0 Å². The molecule has 0 bridgehead atoms. The molecular weight excluding hydrogens is 366 g/mol. The van der Waals surface area contributed by atoms with Gasteiger partial charge in [-0.25, -0.2) is 0 Å². The van der Waals surface area contributed by atoms with E-state index in [-0.39, 0.29) is 24.0 Å². The highest BCUT2D eigenvalue weighted by molar-refractivity contribution is 7.05. The first-order chi connectivity index (χ1) is 13.1. The predicted molar refractivity (Wildman–Crippen MR) is 98.1 cm³/mol. The van der Waals surface area contributed by atoms with Crippen LogP contribution in [0.2, 0.25) is 0 Å². The van der Waals surface area contributed by atoms with E-state index in [1.165, 1.54) is 11.5 Å². The molecule has 0 aromatic carbocycles.